The van der Waals surface area contributed by atoms with E-state index in [1.807, 2.05) is 0 Å². The zero-order chi connectivity index (χ0) is 12.6. The molecule has 1 aliphatic heterocycles. The lowest BCUT2D eigenvalue weighted by molar-refractivity contribution is 0.174. The minimum atomic E-state index is -3.80. The first-order valence-electron chi connectivity index (χ1n) is 4.58. The molecule has 0 aromatic heterocycles. The Labute approximate surface area is 102 Å². The highest BCUT2D eigenvalue weighted by Crippen LogP contribution is 2.31. The molecule has 1 aromatic rings. The van der Waals surface area contributed by atoms with Gasteiger partial charge in [-0.2, -0.15) is 0 Å². The average molecular weight is 278 g/mol. The molecule has 1 aliphatic rings. The summed E-state index contributed by atoms with van der Waals surface area (Å²) in [5, 5.41) is 18.5. The van der Waals surface area contributed by atoms with Crippen LogP contribution in [0.4, 0.5) is 0 Å². The Bertz CT molecular complexity index is 543. The van der Waals surface area contributed by atoms with E-state index in [1.165, 1.54) is 12.1 Å². The highest BCUT2D eigenvalue weighted by molar-refractivity contribution is 8.13. The van der Waals surface area contributed by atoms with Gasteiger partial charge < -0.3 is 19.5 Å². The van der Waals surface area contributed by atoms with E-state index in [9.17, 15) is 18.5 Å². The molecular formula is C8H8BClO6S. The minimum absolute atomic E-state index is 0.0378. The third kappa shape index (κ3) is 2.66. The van der Waals surface area contributed by atoms with Gasteiger partial charge >= 0.3 is 7.12 Å². The number of rotatable bonds is 3. The van der Waals surface area contributed by atoms with E-state index < -0.39 is 21.9 Å². The van der Waals surface area contributed by atoms with Gasteiger partial charge in [-0.15, -0.1) is 0 Å². The molecule has 0 fully saturated rings. The molecule has 2 N–H and O–H groups in total. The van der Waals surface area contributed by atoms with E-state index in [0.717, 1.165) is 0 Å². The van der Waals surface area contributed by atoms with Crippen LogP contribution in [0.2, 0.25) is 0 Å². The normalized spacial score (nSPS) is 13.8. The van der Waals surface area contributed by atoms with Crippen LogP contribution < -0.4 is 14.9 Å². The van der Waals surface area contributed by atoms with Gasteiger partial charge in [0.15, 0.2) is 11.5 Å². The molecule has 0 saturated carbocycles. The lowest BCUT2D eigenvalue weighted by atomic mass is 9.76. The predicted octanol–water partition coefficient (Wildman–Crippen LogP) is -0.836. The van der Waals surface area contributed by atoms with Crippen LogP contribution in [0.25, 0.3) is 0 Å². The van der Waals surface area contributed by atoms with Gasteiger partial charge in [0.1, 0.15) is 0 Å². The van der Waals surface area contributed by atoms with Gasteiger partial charge in [-0.3, -0.25) is 0 Å². The van der Waals surface area contributed by atoms with Crippen molar-refractivity contribution in [3.8, 4) is 11.5 Å². The van der Waals surface area contributed by atoms with Crippen molar-refractivity contribution in [1.29, 1.82) is 0 Å². The van der Waals surface area contributed by atoms with E-state index >= 15 is 0 Å². The van der Waals surface area contributed by atoms with Gasteiger partial charge in [0.25, 0.3) is 0 Å². The minimum Gasteiger partial charge on any atom is -0.454 e. The topological polar surface area (TPSA) is 93.1 Å². The van der Waals surface area contributed by atoms with Crippen LogP contribution in [0.5, 0.6) is 11.5 Å². The van der Waals surface area contributed by atoms with Gasteiger partial charge in [0.05, 0.1) is 5.75 Å². The van der Waals surface area contributed by atoms with Crippen molar-refractivity contribution in [3.05, 3.63) is 17.7 Å². The van der Waals surface area contributed by atoms with Crippen molar-refractivity contribution in [3.63, 3.8) is 0 Å². The number of halogens is 1. The molecule has 1 heterocycles. The van der Waals surface area contributed by atoms with E-state index in [2.05, 4.69) is 0 Å². The third-order valence-corrected chi connectivity index (χ3v) is 3.24. The van der Waals surface area contributed by atoms with Crippen molar-refractivity contribution >= 4 is 32.3 Å². The lowest BCUT2D eigenvalue weighted by Gasteiger charge is -2.10. The Balaban J connectivity index is 2.53. The summed E-state index contributed by atoms with van der Waals surface area (Å²) in [6.45, 7) is -0.0495. The van der Waals surface area contributed by atoms with Gasteiger partial charge in [-0.1, -0.05) is 6.07 Å². The number of ether oxygens (including phenoxy) is 2. The standard InChI is InChI=1S/C8H8BClO6S/c10-17(13,14)3-5-1-2-6-8(16-4-15-6)7(5)9(11)12/h1-2,11-12H,3-4H2. The molecule has 0 saturated heterocycles. The fraction of sp³-hybridized carbons (Fsp3) is 0.250. The highest BCUT2D eigenvalue weighted by Gasteiger charge is 2.29. The van der Waals surface area contributed by atoms with E-state index in [1.54, 1.807) is 0 Å². The zero-order valence-electron chi connectivity index (χ0n) is 8.46. The second-order valence-corrected chi connectivity index (χ2v) is 6.21. The van der Waals surface area contributed by atoms with E-state index in [4.69, 9.17) is 20.2 Å². The molecule has 0 radical (unpaired) electrons. The Morgan fingerprint density at radius 1 is 1.35 bits per heavy atom. The zero-order valence-corrected chi connectivity index (χ0v) is 10.0. The van der Waals surface area contributed by atoms with Crippen molar-refractivity contribution in [2.75, 3.05) is 6.79 Å². The molecule has 0 spiro atoms. The summed E-state index contributed by atoms with van der Waals surface area (Å²) in [6.07, 6.45) is 0. The summed E-state index contributed by atoms with van der Waals surface area (Å²) in [7, 11) is -0.526. The number of hydrogen-bond acceptors (Lipinski definition) is 6. The van der Waals surface area contributed by atoms with Crippen LogP contribution in [0.15, 0.2) is 12.1 Å². The van der Waals surface area contributed by atoms with E-state index in [-0.39, 0.29) is 23.6 Å². The lowest BCUT2D eigenvalue weighted by Crippen LogP contribution is -2.34. The molecule has 0 aliphatic carbocycles. The number of benzene rings is 1. The fourth-order valence-corrected chi connectivity index (χ4v) is 2.61. The first-order valence-corrected chi connectivity index (χ1v) is 7.06. The summed E-state index contributed by atoms with van der Waals surface area (Å²) in [5.41, 5.74) is 0.128. The van der Waals surface area contributed by atoms with Gasteiger partial charge in [-0.05, 0) is 11.6 Å². The van der Waals surface area contributed by atoms with Crippen LogP contribution in [0.3, 0.4) is 0 Å². The van der Waals surface area contributed by atoms with Crippen LogP contribution in [0.1, 0.15) is 5.56 Å². The van der Waals surface area contributed by atoms with Crippen molar-refractivity contribution < 1.29 is 27.9 Å². The molecule has 6 nitrogen and oxygen atoms in total. The van der Waals surface area contributed by atoms with Crippen molar-refractivity contribution in [2.45, 2.75) is 5.75 Å². The van der Waals surface area contributed by atoms with E-state index in [0.29, 0.717) is 5.75 Å². The molecule has 0 bridgehead atoms. The molecule has 1 aromatic carbocycles. The Kier molecular flexibility index (Phi) is 3.22. The first-order chi connectivity index (χ1) is 7.88. The summed E-state index contributed by atoms with van der Waals surface area (Å²) >= 11 is 0. The smallest absolute Gasteiger partial charge is 0.454 e. The Morgan fingerprint density at radius 3 is 2.65 bits per heavy atom. The molecule has 2 rings (SSSR count). The molecule has 0 unspecified atom stereocenters. The van der Waals surface area contributed by atoms with Crippen molar-refractivity contribution in [2.24, 2.45) is 0 Å². The maximum atomic E-state index is 11.0. The van der Waals surface area contributed by atoms with Gasteiger partial charge in [0.2, 0.25) is 15.8 Å². The monoisotopic (exact) mass is 278 g/mol. The molecule has 0 amide bonds. The molecule has 92 valence electrons. The summed E-state index contributed by atoms with van der Waals surface area (Å²) in [4.78, 5) is 0. The molecule has 17 heavy (non-hydrogen) atoms. The summed E-state index contributed by atoms with van der Waals surface area (Å²) < 4.78 is 32.1. The fourth-order valence-electron chi connectivity index (χ4n) is 1.63. The molecule has 9 heteroatoms. The second kappa shape index (κ2) is 4.38. The largest absolute Gasteiger partial charge is 0.492 e. The number of fused-ring (bicyclic) bond motifs is 1. The quantitative estimate of drug-likeness (QED) is 0.553. The maximum absolute atomic E-state index is 11.0. The van der Waals surface area contributed by atoms with Crippen LogP contribution in [0, 0.1) is 0 Å². The Morgan fingerprint density at radius 2 is 2.06 bits per heavy atom. The number of hydrogen-bond donors (Lipinski definition) is 2. The van der Waals surface area contributed by atoms with Crippen molar-refractivity contribution in [1.82, 2.24) is 0 Å². The summed E-state index contributed by atoms with van der Waals surface area (Å²) in [6, 6.07) is 2.90. The predicted molar refractivity (Wildman–Crippen MR) is 60.9 cm³/mol. The third-order valence-electron chi connectivity index (χ3n) is 2.25. The molecule has 0 atom stereocenters. The SMILES string of the molecule is O=S(=O)(Cl)Cc1ccc2c(c1B(O)O)OCO2. The molecular weight excluding hydrogens is 270 g/mol. The average Bonchev–Trinajstić information content (AvgIpc) is 2.61. The summed E-state index contributed by atoms with van der Waals surface area (Å²) in [5.74, 6) is -0.0420. The first kappa shape index (κ1) is 12.5. The Hall–Kier alpha value is -0.955. The van der Waals surface area contributed by atoms with Crippen LogP contribution >= 0.6 is 10.7 Å². The van der Waals surface area contributed by atoms with Gasteiger partial charge in [0, 0.05) is 16.1 Å². The second-order valence-electron chi connectivity index (χ2n) is 3.43. The maximum Gasteiger partial charge on any atom is 0.492 e. The highest BCUT2D eigenvalue weighted by atomic mass is 35.7. The van der Waals surface area contributed by atoms with Gasteiger partial charge in [-0.25, -0.2) is 8.42 Å². The van der Waals surface area contributed by atoms with Crippen LogP contribution in [-0.2, 0) is 14.8 Å². The van der Waals surface area contributed by atoms with Crippen LogP contribution in [-0.4, -0.2) is 32.4 Å².